The van der Waals surface area contributed by atoms with Gasteiger partial charge in [0.05, 0.1) is 0 Å². The predicted octanol–water partition coefficient (Wildman–Crippen LogP) is 6.32. The molecule has 0 atom stereocenters. The maximum Gasteiger partial charge on any atom is 0.242 e. The van der Waals surface area contributed by atoms with Gasteiger partial charge in [0.1, 0.15) is 0 Å². The summed E-state index contributed by atoms with van der Waals surface area (Å²) in [5.41, 5.74) is 0.782. The average Bonchev–Trinajstić information content (AvgIpc) is 2.31. The number of hydrogen-bond acceptors (Lipinski definition) is 0. The molecule has 0 aromatic rings. The zero-order chi connectivity index (χ0) is 14.0. The van der Waals surface area contributed by atoms with Gasteiger partial charge in [-0.15, -0.1) is 0 Å². The molecule has 0 fully saturated rings. The van der Waals surface area contributed by atoms with Gasteiger partial charge in [-0.2, -0.15) is 0 Å². The molecule has 0 N–H and O–H groups in total. The van der Waals surface area contributed by atoms with Gasteiger partial charge in [-0.3, -0.25) is 4.80 Å². The van der Waals surface area contributed by atoms with E-state index in [1.807, 2.05) is 0 Å². The van der Waals surface area contributed by atoms with Crippen molar-refractivity contribution in [1.82, 2.24) is 0 Å². The Morgan fingerprint density at radius 1 is 0.722 bits per heavy atom. The quantitative estimate of drug-likeness (QED) is 0.309. The summed E-state index contributed by atoms with van der Waals surface area (Å²) in [6.45, 7) is 10.8. The zero-order valence-corrected chi connectivity index (χ0v) is 14.4. The highest BCUT2D eigenvalue weighted by Gasteiger charge is 2.40. The molecule has 0 saturated heterocycles. The minimum Gasteiger partial charge on any atom is -0.297 e. The molecule has 1 nitrogen and oxygen atoms in total. The lowest BCUT2D eigenvalue weighted by atomic mass is 10.1. The van der Waals surface area contributed by atoms with Gasteiger partial charge >= 0.3 is 0 Å². The maximum absolute atomic E-state index is 12.8. The molecule has 0 aromatic carbocycles. The smallest absolute Gasteiger partial charge is 0.242 e. The predicted molar refractivity (Wildman–Crippen MR) is 84.1 cm³/mol. The highest BCUT2D eigenvalue weighted by molar-refractivity contribution is 6.74. The maximum atomic E-state index is 12.8. The average molecular weight is 272 g/mol. The molecule has 0 unspecified atom stereocenters. The largest absolute Gasteiger partial charge is 0.297 e. The zero-order valence-electron chi connectivity index (χ0n) is 13.4. The lowest BCUT2D eigenvalue weighted by Crippen LogP contribution is -2.39. The Morgan fingerprint density at radius 2 is 1.11 bits per heavy atom. The fourth-order valence-corrected chi connectivity index (χ4v) is 6.07. The van der Waals surface area contributed by atoms with E-state index in [2.05, 4.69) is 34.6 Å². The van der Waals surface area contributed by atoms with Gasteiger partial charge in [0.25, 0.3) is 0 Å². The van der Waals surface area contributed by atoms with Crippen LogP contribution < -0.4 is 0 Å². The Kier molecular flexibility index (Phi) is 10.1. The van der Waals surface area contributed by atoms with Crippen molar-refractivity contribution in [2.75, 3.05) is 0 Å². The van der Waals surface area contributed by atoms with Crippen LogP contribution in [0.1, 0.15) is 86.0 Å². The molecule has 0 rings (SSSR count). The first-order valence-corrected chi connectivity index (χ1v) is 10.4. The van der Waals surface area contributed by atoms with E-state index in [1.54, 1.807) is 0 Å². The molecular formula is C16H35OSi. The summed E-state index contributed by atoms with van der Waals surface area (Å²) in [7, 11) is -2.24. The monoisotopic (exact) mass is 271 g/mol. The molecule has 0 aromatic heterocycles. The standard InChI is InChI=1S/C16H35OSi/c1-6-7-8-9-10-11-12-13-14-18(17,15(2)3)16(4)5/h15-16H,6-14H2,1-5H3. The van der Waals surface area contributed by atoms with Gasteiger partial charge < -0.3 is 0 Å². The highest BCUT2D eigenvalue weighted by atomic mass is 28.4. The van der Waals surface area contributed by atoms with Crippen molar-refractivity contribution in [1.29, 1.82) is 0 Å². The van der Waals surface area contributed by atoms with Gasteiger partial charge in [0.2, 0.25) is 8.32 Å². The van der Waals surface area contributed by atoms with Crippen molar-refractivity contribution in [3.05, 3.63) is 0 Å². The summed E-state index contributed by atoms with van der Waals surface area (Å²) in [5, 5.41) is 0. The van der Waals surface area contributed by atoms with Crippen molar-refractivity contribution in [2.45, 2.75) is 103 Å². The third-order valence-electron chi connectivity index (χ3n) is 4.38. The van der Waals surface area contributed by atoms with Gasteiger partial charge in [-0.1, -0.05) is 86.0 Å². The van der Waals surface area contributed by atoms with E-state index in [0.29, 0.717) is 11.1 Å². The molecule has 109 valence electrons. The Balaban J connectivity index is 3.63. The van der Waals surface area contributed by atoms with Crippen molar-refractivity contribution in [3.63, 3.8) is 0 Å². The lowest BCUT2D eigenvalue weighted by Gasteiger charge is -2.30. The second kappa shape index (κ2) is 10.0. The lowest BCUT2D eigenvalue weighted by molar-refractivity contribution is 0.383. The minimum atomic E-state index is -2.24. The van der Waals surface area contributed by atoms with Crippen LogP contribution in [0, 0.1) is 0 Å². The fourth-order valence-electron chi connectivity index (χ4n) is 2.78. The third kappa shape index (κ3) is 6.94. The molecule has 18 heavy (non-hydrogen) atoms. The first-order valence-electron chi connectivity index (χ1n) is 8.15. The van der Waals surface area contributed by atoms with E-state index in [-0.39, 0.29) is 0 Å². The normalized spacial score (nSPS) is 12.7. The van der Waals surface area contributed by atoms with Crippen LogP contribution >= 0.6 is 0 Å². The summed E-state index contributed by atoms with van der Waals surface area (Å²) in [6, 6.07) is 0.997. The van der Waals surface area contributed by atoms with E-state index < -0.39 is 8.32 Å². The van der Waals surface area contributed by atoms with Crippen LogP contribution in [0.5, 0.6) is 0 Å². The molecule has 0 aliphatic carbocycles. The van der Waals surface area contributed by atoms with Crippen LogP contribution in [-0.4, -0.2) is 8.32 Å². The van der Waals surface area contributed by atoms with Crippen LogP contribution in [0.15, 0.2) is 0 Å². The van der Waals surface area contributed by atoms with E-state index in [9.17, 15) is 4.80 Å². The van der Waals surface area contributed by atoms with E-state index >= 15 is 0 Å². The number of unbranched alkanes of at least 4 members (excludes halogenated alkanes) is 7. The molecule has 2 heteroatoms. The Labute approximate surface area is 117 Å². The molecule has 0 bridgehead atoms. The van der Waals surface area contributed by atoms with Gasteiger partial charge in [-0.05, 0) is 17.1 Å². The Morgan fingerprint density at radius 3 is 1.50 bits per heavy atom. The van der Waals surface area contributed by atoms with Crippen molar-refractivity contribution in [2.24, 2.45) is 0 Å². The van der Waals surface area contributed by atoms with E-state index in [0.717, 1.165) is 6.04 Å². The molecule has 0 aliphatic rings. The first-order chi connectivity index (χ1) is 8.45. The Bertz CT molecular complexity index is 182. The summed E-state index contributed by atoms with van der Waals surface area (Å²) < 4.78 is 0. The molecule has 1 radical (unpaired) electrons. The topological polar surface area (TPSA) is 19.9 Å². The van der Waals surface area contributed by atoms with Crippen molar-refractivity contribution >= 4 is 8.32 Å². The van der Waals surface area contributed by atoms with Gasteiger partial charge in [0.15, 0.2) is 0 Å². The Hall–Kier alpha value is 0.177. The number of rotatable bonds is 11. The highest BCUT2D eigenvalue weighted by Crippen LogP contribution is 2.35. The van der Waals surface area contributed by atoms with Gasteiger partial charge in [-0.25, -0.2) is 0 Å². The molecule has 0 saturated carbocycles. The summed E-state index contributed by atoms with van der Waals surface area (Å²) in [6.07, 6.45) is 10.7. The SMILES string of the molecule is CCCCCCCCCC[Si]([O])(C(C)C)C(C)C. The third-order valence-corrected chi connectivity index (χ3v) is 9.42. The fraction of sp³-hybridized carbons (Fsp3) is 1.00. The molecular weight excluding hydrogens is 236 g/mol. The van der Waals surface area contributed by atoms with Crippen LogP contribution in [0.3, 0.4) is 0 Å². The molecule has 0 spiro atoms. The summed E-state index contributed by atoms with van der Waals surface area (Å²) in [4.78, 5) is 12.8. The van der Waals surface area contributed by atoms with Crippen LogP contribution in [-0.2, 0) is 4.80 Å². The van der Waals surface area contributed by atoms with E-state index in [4.69, 9.17) is 0 Å². The van der Waals surface area contributed by atoms with Crippen molar-refractivity contribution < 1.29 is 4.80 Å². The molecule has 0 aliphatic heterocycles. The second-order valence-corrected chi connectivity index (χ2v) is 11.2. The van der Waals surface area contributed by atoms with Crippen molar-refractivity contribution in [3.8, 4) is 0 Å². The molecule has 0 heterocycles. The summed E-state index contributed by atoms with van der Waals surface area (Å²) >= 11 is 0. The van der Waals surface area contributed by atoms with Crippen LogP contribution in [0.4, 0.5) is 0 Å². The van der Waals surface area contributed by atoms with Crippen LogP contribution in [0.2, 0.25) is 17.1 Å². The van der Waals surface area contributed by atoms with Crippen LogP contribution in [0.25, 0.3) is 0 Å². The number of hydrogen-bond donors (Lipinski definition) is 0. The summed E-state index contributed by atoms with van der Waals surface area (Å²) in [5.74, 6) is 0. The van der Waals surface area contributed by atoms with Gasteiger partial charge in [0, 0.05) is 0 Å². The second-order valence-electron chi connectivity index (χ2n) is 6.49. The molecule has 0 amide bonds. The van der Waals surface area contributed by atoms with E-state index in [1.165, 1.54) is 51.4 Å². The minimum absolute atomic E-state index is 0.391. The first kappa shape index (κ1) is 18.2.